The number of anilines is 1. The van der Waals surface area contributed by atoms with Gasteiger partial charge in [-0.2, -0.15) is 0 Å². The number of likely N-dealkylation sites (tertiary alicyclic amines) is 1. The summed E-state index contributed by atoms with van der Waals surface area (Å²) in [7, 11) is 0. The first-order valence-electron chi connectivity index (χ1n) is 7.33. The minimum absolute atomic E-state index is 0.0820. The summed E-state index contributed by atoms with van der Waals surface area (Å²) in [5.74, 6) is -0.233. The van der Waals surface area contributed by atoms with Crippen LogP contribution >= 0.6 is 11.3 Å². The standard InChI is InChI=1S/C16H18FN3O2S/c1-16(2,22)10-8-20(9-10)15(21)19-14-18-7-13(23-14)11-5-3-4-6-12(11)17/h3-7,10,22H,8-9H2,1-2H3,(H,18,19,21). The van der Waals surface area contributed by atoms with E-state index in [4.69, 9.17) is 0 Å². The number of aromatic nitrogens is 1. The molecule has 0 bridgehead atoms. The molecule has 0 saturated carbocycles. The average Bonchev–Trinajstić information content (AvgIpc) is 2.84. The van der Waals surface area contributed by atoms with Gasteiger partial charge in [0.1, 0.15) is 5.82 Å². The molecule has 1 aliphatic heterocycles. The molecule has 2 N–H and O–H groups in total. The number of thiazole rings is 1. The zero-order valence-corrected chi connectivity index (χ0v) is 13.7. The number of rotatable bonds is 3. The molecule has 1 saturated heterocycles. The predicted molar refractivity (Wildman–Crippen MR) is 87.9 cm³/mol. The number of aliphatic hydroxyl groups is 1. The molecular weight excluding hydrogens is 317 g/mol. The highest BCUT2D eigenvalue weighted by Crippen LogP contribution is 2.32. The molecule has 7 heteroatoms. The van der Waals surface area contributed by atoms with Crippen LogP contribution in [-0.4, -0.2) is 39.7 Å². The molecule has 2 heterocycles. The summed E-state index contributed by atoms with van der Waals surface area (Å²) in [6.45, 7) is 4.52. The Balaban J connectivity index is 1.62. The fourth-order valence-electron chi connectivity index (χ4n) is 2.38. The van der Waals surface area contributed by atoms with Crippen molar-refractivity contribution in [2.75, 3.05) is 18.4 Å². The van der Waals surface area contributed by atoms with Gasteiger partial charge in [0.15, 0.2) is 5.13 Å². The van der Waals surface area contributed by atoms with Crippen LogP contribution in [0.4, 0.5) is 14.3 Å². The van der Waals surface area contributed by atoms with Gasteiger partial charge in [0.25, 0.3) is 0 Å². The van der Waals surface area contributed by atoms with Crippen molar-refractivity contribution in [3.8, 4) is 10.4 Å². The predicted octanol–water partition coefficient (Wildman–Crippen LogP) is 3.18. The summed E-state index contributed by atoms with van der Waals surface area (Å²) in [6, 6.07) is 6.21. The number of nitrogens with zero attached hydrogens (tertiary/aromatic N) is 2. The maximum Gasteiger partial charge on any atom is 0.323 e. The van der Waals surface area contributed by atoms with Crippen molar-refractivity contribution < 1.29 is 14.3 Å². The highest BCUT2D eigenvalue weighted by Gasteiger charge is 2.39. The first-order valence-corrected chi connectivity index (χ1v) is 8.15. The third kappa shape index (κ3) is 3.35. The van der Waals surface area contributed by atoms with E-state index >= 15 is 0 Å². The molecule has 1 fully saturated rings. The summed E-state index contributed by atoms with van der Waals surface area (Å²) < 4.78 is 13.8. The van der Waals surface area contributed by atoms with Crippen LogP contribution in [0.25, 0.3) is 10.4 Å². The molecule has 0 atom stereocenters. The fraction of sp³-hybridized carbons (Fsp3) is 0.375. The quantitative estimate of drug-likeness (QED) is 0.905. The van der Waals surface area contributed by atoms with Crippen molar-refractivity contribution in [1.29, 1.82) is 0 Å². The zero-order valence-electron chi connectivity index (χ0n) is 12.9. The first-order chi connectivity index (χ1) is 10.8. The van der Waals surface area contributed by atoms with Crippen LogP contribution in [0, 0.1) is 11.7 Å². The number of hydrogen-bond acceptors (Lipinski definition) is 4. The van der Waals surface area contributed by atoms with Crippen LogP contribution in [0.2, 0.25) is 0 Å². The number of carbonyl (C=O) groups is 1. The van der Waals surface area contributed by atoms with Crippen molar-refractivity contribution in [2.45, 2.75) is 19.4 Å². The fourth-order valence-corrected chi connectivity index (χ4v) is 3.21. The number of urea groups is 1. The van der Waals surface area contributed by atoms with Crippen LogP contribution in [-0.2, 0) is 0 Å². The third-order valence-corrected chi connectivity index (χ3v) is 4.97. The smallest absolute Gasteiger partial charge is 0.323 e. The molecule has 1 aromatic heterocycles. The second-order valence-electron chi connectivity index (χ2n) is 6.20. The van der Waals surface area contributed by atoms with Gasteiger partial charge in [-0.05, 0) is 19.9 Å². The van der Waals surface area contributed by atoms with Crippen LogP contribution < -0.4 is 5.32 Å². The van der Waals surface area contributed by atoms with Gasteiger partial charge in [-0.3, -0.25) is 5.32 Å². The Hall–Kier alpha value is -1.99. The molecule has 0 unspecified atom stereocenters. The highest BCUT2D eigenvalue weighted by molar-refractivity contribution is 7.19. The van der Waals surface area contributed by atoms with Gasteiger partial charge < -0.3 is 10.0 Å². The summed E-state index contributed by atoms with van der Waals surface area (Å²) in [4.78, 5) is 18.5. The van der Waals surface area contributed by atoms with Crippen molar-refractivity contribution in [1.82, 2.24) is 9.88 Å². The number of amides is 2. The summed E-state index contributed by atoms with van der Waals surface area (Å²) in [5.41, 5.74) is -0.313. The van der Waals surface area contributed by atoms with Gasteiger partial charge in [0.05, 0.1) is 10.5 Å². The molecule has 0 aliphatic carbocycles. The molecule has 0 spiro atoms. The number of nitrogens with one attached hydrogen (secondary N) is 1. The number of halogens is 1. The van der Waals surface area contributed by atoms with E-state index in [2.05, 4.69) is 10.3 Å². The van der Waals surface area contributed by atoms with Crippen molar-refractivity contribution in [2.24, 2.45) is 5.92 Å². The Morgan fingerprint density at radius 3 is 2.78 bits per heavy atom. The molecule has 122 valence electrons. The second kappa shape index (κ2) is 5.90. The molecule has 1 aliphatic rings. The van der Waals surface area contributed by atoms with E-state index in [0.29, 0.717) is 28.7 Å². The molecule has 5 nitrogen and oxygen atoms in total. The molecule has 2 aromatic rings. The average molecular weight is 335 g/mol. The maximum absolute atomic E-state index is 13.8. The van der Waals surface area contributed by atoms with Crippen molar-refractivity contribution >= 4 is 22.5 Å². The van der Waals surface area contributed by atoms with E-state index in [1.165, 1.54) is 17.4 Å². The van der Waals surface area contributed by atoms with Gasteiger partial charge in [0.2, 0.25) is 0 Å². The van der Waals surface area contributed by atoms with Gasteiger partial charge in [-0.15, -0.1) is 0 Å². The maximum atomic E-state index is 13.8. The van der Waals surface area contributed by atoms with Crippen molar-refractivity contribution in [3.63, 3.8) is 0 Å². The Morgan fingerprint density at radius 1 is 1.43 bits per heavy atom. The Labute approximate surface area is 137 Å². The lowest BCUT2D eigenvalue weighted by molar-refractivity contribution is -0.0440. The van der Waals surface area contributed by atoms with Crippen LogP contribution in [0.1, 0.15) is 13.8 Å². The minimum Gasteiger partial charge on any atom is -0.390 e. The number of hydrogen-bond donors (Lipinski definition) is 2. The Bertz CT molecular complexity index is 720. The monoisotopic (exact) mass is 335 g/mol. The zero-order chi connectivity index (χ0) is 16.6. The topological polar surface area (TPSA) is 65.5 Å². The minimum atomic E-state index is -0.782. The molecule has 23 heavy (non-hydrogen) atoms. The highest BCUT2D eigenvalue weighted by atomic mass is 32.1. The lowest BCUT2D eigenvalue weighted by atomic mass is 9.85. The summed E-state index contributed by atoms with van der Waals surface area (Å²) in [6.07, 6.45) is 1.55. The van der Waals surface area contributed by atoms with E-state index in [1.807, 2.05) is 0 Å². The van der Waals surface area contributed by atoms with E-state index < -0.39 is 5.60 Å². The lowest BCUT2D eigenvalue weighted by Gasteiger charge is -2.44. The van der Waals surface area contributed by atoms with Gasteiger partial charge in [-0.1, -0.05) is 29.5 Å². The second-order valence-corrected chi connectivity index (χ2v) is 7.23. The van der Waals surface area contributed by atoms with E-state index in [9.17, 15) is 14.3 Å². The van der Waals surface area contributed by atoms with Gasteiger partial charge in [0, 0.05) is 30.8 Å². The SMILES string of the molecule is CC(C)(O)C1CN(C(=O)Nc2ncc(-c3ccccc3F)s2)C1. The number of benzene rings is 1. The van der Waals surface area contributed by atoms with E-state index in [1.54, 1.807) is 43.1 Å². The van der Waals surface area contributed by atoms with E-state index in [0.717, 1.165) is 0 Å². The first kappa shape index (κ1) is 15.9. The van der Waals surface area contributed by atoms with E-state index in [-0.39, 0.29) is 17.8 Å². The molecule has 0 radical (unpaired) electrons. The molecule has 2 amide bonds. The lowest BCUT2D eigenvalue weighted by Crippen LogP contribution is -2.58. The van der Waals surface area contributed by atoms with Crippen LogP contribution in [0.5, 0.6) is 0 Å². The summed E-state index contributed by atoms with van der Waals surface area (Å²) >= 11 is 1.23. The molecule has 1 aromatic carbocycles. The summed E-state index contributed by atoms with van der Waals surface area (Å²) in [5, 5.41) is 13.0. The normalized spacial score (nSPS) is 15.4. The molecule has 3 rings (SSSR count). The number of carbonyl (C=O) groups excluding carboxylic acids is 1. The van der Waals surface area contributed by atoms with Crippen LogP contribution in [0.3, 0.4) is 0 Å². The van der Waals surface area contributed by atoms with Crippen LogP contribution in [0.15, 0.2) is 30.5 Å². The van der Waals surface area contributed by atoms with Gasteiger partial charge >= 0.3 is 6.03 Å². The largest absolute Gasteiger partial charge is 0.390 e. The third-order valence-electron chi connectivity index (χ3n) is 4.03. The van der Waals surface area contributed by atoms with Crippen molar-refractivity contribution in [3.05, 3.63) is 36.3 Å². The Kier molecular flexibility index (Phi) is 4.08. The Morgan fingerprint density at radius 2 is 2.13 bits per heavy atom. The molecular formula is C16H18FN3O2S. The van der Waals surface area contributed by atoms with Gasteiger partial charge in [-0.25, -0.2) is 14.2 Å².